The number of aromatic amines is 1. The molecule has 0 aliphatic heterocycles. The van der Waals surface area contributed by atoms with Crippen LogP contribution in [0, 0.1) is 12.8 Å². The van der Waals surface area contributed by atoms with Crippen molar-refractivity contribution in [3.05, 3.63) is 31.1 Å². The number of nitrogens with zero attached hydrogens (tertiary/aromatic N) is 3. The highest BCUT2D eigenvalue weighted by Crippen LogP contribution is 2.34. The molecule has 0 aliphatic carbocycles. The predicted molar refractivity (Wildman–Crippen MR) is 104 cm³/mol. The first-order valence-corrected chi connectivity index (χ1v) is 10.3. The molecule has 0 radical (unpaired) electrons. The van der Waals surface area contributed by atoms with Gasteiger partial charge in [0, 0.05) is 6.42 Å². The average molecular weight is 425 g/mol. The summed E-state index contributed by atoms with van der Waals surface area (Å²) in [6, 6.07) is 0. The van der Waals surface area contributed by atoms with Crippen molar-refractivity contribution < 1.29 is 19.2 Å². The summed E-state index contributed by atoms with van der Waals surface area (Å²) >= 11 is 2.50. The summed E-state index contributed by atoms with van der Waals surface area (Å²) in [4.78, 5) is 34.9. The maximum absolute atomic E-state index is 11.5. The Morgan fingerprint density at radius 1 is 1.25 bits per heavy atom. The van der Waals surface area contributed by atoms with Crippen LogP contribution in [0.1, 0.15) is 46.2 Å². The van der Waals surface area contributed by atoms with Crippen LogP contribution in [0.15, 0.2) is 9.32 Å². The van der Waals surface area contributed by atoms with E-state index >= 15 is 0 Å². The van der Waals surface area contributed by atoms with Crippen molar-refractivity contribution in [1.29, 1.82) is 0 Å². The van der Waals surface area contributed by atoms with Crippen LogP contribution in [0.4, 0.5) is 0 Å². The first-order chi connectivity index (χ1) is 13.2. The number of aryl methyl sites for hydroxylation is 1. The zero-order valence-corrected chi connectivity index (χ0v) is 17.4. The molecule has 0 aliphatic rings. The zero-order chi connectivity index (χ0) is 20.4. The van der Waals surface area contributed by atoms with Gasteiger partial charge < -0.3 is 9.84 Å². The molecule has 0 fully saturated rings. The van der Waals surface area contributed by atoms with Crippen molar-refractivity contribution in [2.75, 3.05) is 0 Å². The molecule has 3 aromatic heterocycles. The van der Waals surface area contributed by atoms with E-state index < -0.39 is 11.7 Å². The van der Waals surface area contributed by atoms with E-state index in [9.17, 15) is 14.7 Å². The summed E-state index contributed by atoms with van der Waals surface area (Å²) in [5, 5.41) is 14.5. The molecular weight excluding hydrogens is 404 g/mol. The van der Waals surface area contributed by atoms with Crippen LogP contribution in [0.5, 0.6) is 5.88 Å². The largest absolute Gasteiger partial charge is 0.477 e. The number of thiazole rings is 2. The van der Waals surface area contributed by atoms with Crippen LogP contribution in [-0.2, 0) is 12.8 Å². The Labute approximate surface area is 168 Å². The molecule has 28 heavy (non-hydrogen) atoms. The number of aromatic nitrogens is 4. The van der Waals surface area contributed by atoms with E-state index in [1.165, 1.54) is 22.7 Å². The fraction of sp³-hybridized carbons (Fsp3) is 0.471. The minimum absolute atomic E-state index is 0.263. The number of carbonyl (C=O) groups is 1. The highest BCUT2D eigenvalue weighted by atomic mass is 32.1. The van der Waals surface area contributed by atoms with E-state index in [0.717, 1.165) is 5.01 Å². The van der Waals surface area contributed by atoms with Gasteiger partial charge in [0.05, 0.1) is 15.7 Å². The molecule has 3 heterocycles. The summed E-state index contributed by atoms with van der Waals surface area (Å²) in [7, 11) is 0. The number of aromatic carboxylic acids is 1. The van der Waals surface area contributed by atoms with Crippen LogP contribution in [0.2, 0.25) is 0 Å². The lowest BCUT2D eigenvalue weighted by atomic mass is 10.1. The molecule has 9 nitrogen and oxygen atoms in total. The van der Waals surface area contributed by atoms with Crippen molar-refractivity contribution in [3.8, 4) is 16.6 Å². The first-order valence-electron chi connectivity index (χ1n) is 8.65. The minimum Gasteiger partial charge on any atom is -0.477 e. The number of rotatable bonds is 8. The average Bonchev–Trinajstić information content (AvgIpc) is 3.26. The Balaban J connectivity index is 1.77. The van der Waals surface area contributed by atoms with Crippen LogP contribution in [0.3, 0.4) is 0 Å². The maximum atomic E-state index is 11.5. The molecule has 0 aromatic carbocycles. The number of hydrogen-bond acceptors (Lipinski definition) is 9. The van der Waals surface area contributed by atoms with Crippen molar-refractivity contribution in [2.45, 2.75) is 46.6 Å². The monoisotopic (exact) mass is 424 g/mol. The van der Waals surface area contributed by atoms with Gasteiger partial charge in [-0.1, -0.05) is 19.0 Å². The SMILES string of the molecule is Cc1nc(OC(C)Cc2nc(CC(C)C)c(C(=O)O)s2)c(-c2noc(=O)[nH]2)s1. The Morgan fingerprint density at radius 2 is 2.00 bits per heavy atom. The van der Waals surface area contributed by atoms with Crippen molar-refractivity contribution in [3.63, 3.8) is 0 Å². The number of nitrogens with one attached hydrogen (secondary N) is 1. The van der Waals surface area contributed by atoms with Crippen molar-refractivity contribution in [1.82, 2.24) is 20.1 Å². The lowest BCUT2D eigenvalue weighted by molar-refractivity contribution is 0.0700. The maximum Gasteiger partial charge on any atom is 0.439 e. The topological polar surface area (TPSA) is 131 Å². The summed E-state index contributed by atoms with van der Waals surface area (Å²) in [5.74, 6) is -0.689. The number of carboxylic acid groups (broad SMARTS) is 1. The van der Waals surface area contributed by atoms with E-state index in [0.29, 0.717) is 40.2 Å². The van der Waals surface area contributed by atoms with E-state index in [-0.39, 0.29) is 16.8 Å². The van der Waals surface area contributed by atoms with Crippen LogP contribution >= 0.6 is 22.7 Å². The molecule has 0 amide bonds. The highest BCUT2D eigenvalue weighted by Gasteiger charge is 2.22. The van der Waals surface area contributed by atoms with Crippen LogP contribution in [-0.4, -0.2) is 37.3 Å². The first kappa shape index (κ1) is 20.2. The van der Waals surface area contributed by atoms with Gasteiger partial charge in [0.2, 0.25) is 5.88 Å². The number of carboxylic acids is 1. The van der Waals surface area contributed by atoms with Gasteiger partial charge in [-0.15, -0.1) is 22.7 Å². The van der Waals surface area contributed by atoms with E-state index in [2.05, 4.69) is 24.6 Å². The van der Waals surface area contributed by atoms with Crippen molar-refractivity contribution >= 4 is 28.6 Å². The minimum atomic E-state index is -0.958. The summed E-state index contributed by atoms with van der Waals surface area (Å²) in [6.45, 7) is 7.73. The summed E-state index contributed by atoms with van der Waals surface area (Å²) in [6.07, 6.45) is 0.745. The Hall–Kier alpha value is -2.53. The number of ether oxygens (including phenoxy) is 1. The number of hydrogen-bond donors (Lipinski definition) is 2. The molecule has 2 N–H and O–H groups in total. The normalized spacial score (nSPS) is 12.5. The molecule has 0 spiro atoms. The second kappa shape index (κ2) is 8.23. The third kappa shape index (κ3) is 4.65. The fourth-order valence-electron chi connectivity index (χ4n) is 2.62. The van der Waals surface area contributed by atoms with Gasteiger partial charge in [-0.2, -0.15) is 0 Å². The standard InChI is InChI=1S/C17H20N4O5S2/c1-7(2)5-10-12(16(22)23)28-11(19-10)6-8(3)25-15-13(27-9(4)18-15)14-20-17(24)26-21-14/h7-8H,5-6H2,1-4H3,(H,22,23)(H,20,21,24). The smallest absolute Gasteiger partial charge is 0.439 e. The molecule has 150 valence electrons. The summed E-state index contributed by atoms with van der Waals surface area (Å²) in [5.41, 5.74) is 0.611. The van der Waals surface area contributed by atoms with E-state index in [4.69, 9.17) is 4.74 Å². The molecule has 0 bridgehead atoms. The van der Waals surface area contributed by atoms with Gasteiger partial charge in [-0.25, -0.2) is 19.6 Å². The fourth-order valence-corrected chi connectivity index (χ4v) is 4.46. The molecule has 1 unspecified atom stereocenters. The third-order valence-electron chi connectivity index (χ3n) is 3.67. The van der Waals surface area contributed by atoms with Crippen LogP contribution in [0.25, 0.3) is 10.7 Å². The van der Waals surface area contributed by atoms with Gasteiger partial charge >= 0.3 is 11.7 Å². The van der Waals surface area contributed by atoms with Crippen molar-refractivity contribution in [2.24, 2.45) is 5.92 Å². The Kier molecular flexibility index (Phi) is 5.94. The molecular formula is C17H20N4O5S2. The molecule has 3 rings (SSSR count). The zero-order valence-electron chi connectivity index (χ0n) is 15.8. The third-order valence-corrected chi connectivity index (χ3v) is 5.74. The molecule has 0 saturated carbocycles. The lowest BCUT2D eigenvalue weighted by Crippen LogP contribution is -2.15. The molecule has 1 atom stereocenters. The van der Waals surface area contributed by atoms with Gasteiger partial charge in [-0.05, 0) is 26.2 Å². The van der Waals surface area contributed by atoms with E-state index in [1.54, 1.807) is 0 Å². The molecule has 11 heteroatoms. The molecule has 0 saturated heterocycles. The summed E-state index contributed by atoms with van der Waals surface area (Å²) < 4.78 is 10.5. The van der Waals surface area contributed by atoms with E-state index in [1.807, 2.05) is 27.7 Å². The predicted octanol–water partition coefficient (Wildman–Crippen LogP) is 3.16. The van der Waals surface area contributed by atoms with Gasteiger partial charge in [0.15, 0.2) is 5.82 Å². The second-order valence-electron chi connectivity index (χ2n) is 6.73. The quantitative estimate of drug-likeness (QED) is 0.564. The number of H-pyrrole nitrogens is 1. The highest BCUT2D eigenvalue weighted by molar-refractivity contribution is 7.15. The van der Waals surface area contributed by atoms with Gasteiger partial charge in [-0.3, -0.25) is 9.51 Å². The Morgan fingerprint density at radius 3 is 2.61 bits per heavy atom. The second-order valence-corrected chi connectivity index (χ2v) is 9.02. The van der Waals surface area contributed by atoms with Gasteiger partial charge in [0.1, 0.15) is 15.9 Å². The van der Waals surface area contributed by atoms with Gasteiger partial charge in [0.25, 0.3) is 0 Å². The Bertz CT molecular complexity index is 1030. The molecule has 3 aromatic rings. The van der Waals surface area contributed by atoms with Crippen LogP contribution < -0.4 is 10.5 Å². The lowest BCUT2D eigenvalue weighted by Gasteiger charge is -2.11.